The maximum atomic E-state index is 13.0. The normalized spacial score (nSPS) is 19.3. The van der Waals surface area contributed by atoms with Gasteiger partial charge in [0.15, 0.2) is 11.5 Å². The number of carbonyl (C=O) groups excluding carboxylic acids is 1. The van der Waals surface area contributed by atoms with Gasteiger partial charge in [-0.05, 0) is 43.2 Å². The van der Waals surface area contributed by atoms with Gasteiger partial charge in [0.1, 0.15) is 19.0 Å². The van der Waals surface area contributed by atoms with Crippen LogP contribution >= 0.6 is 0 Å². The highest BCUT2D eigenvalue weighted by Crippen LogP contribution is 2.32. The minimum atomic E-state index is 0.0350. The molecule has 6 heteroatoms. The molecular weight excluding hydrogens is 342 g/mol. The van der Waals surface area contributed by atoms with E-state index in [4.69, 9.17) is 14.5 Å². The van der Waals surface area contributed by atoms with Crippen LogP contribution in [0.4, 0.5) is 0 Å². The van der Waals surface area contributed by atoms with Crippen molar-refractivity contribution in [1.29, 1.82) is 0 Å². The van der Waals surface area contributed by atoms with E-state index in [0.717, 1.165) is 36.2 Å². The lowest BCUT2D eigenvalue weighted by Gasteiger charge is -2.32. The Morgan fingerprint density at radius 2 is 1.96 bits per heavy atom. The number of imidazole rings is 1. The lowest BCUT2D eigenvalue weighted by Crippen LogP contribution is -2.39. The molecule has 5 rings (SSSR count). The van der Waals surface area contributed by atoms with Crippen molar-refractivity contribution in [1.82, 2.24) is 14.9 Å². The monoisotopic (exact) mass is 363 g/mol. The standard InChI is InChI=1S/C21H21N3O3/c25-21(14-7-8-18-19(12-14)27-11-10-26-18)24-9-3-4-15(13-24)20-22-16-5-1-2-6-17(16)23-20/h1-2,5-8,12,15H,3-4,9-11,13H2,(H,22,23). The van der Waals surface area contributed by atoms with Crippen molar-refractivity contribution in [2.45, 2.75) is 18.8 Å². The Hall–Kier alpha value is -3.02. The van der Waals surface area contributed by atoms with E-state index >= 15 is 0 Å². The van der Waals surface area contributed by atoms with Gasteiger partial charge in [0.25, 0.3) is 5.91 Å². The summed E-state index contributed by atoms with van der Waals surface area (Å²) in [6, 6.07) is 13.5. The number of hydrogen-bond donors (Lipinski definition) is 1. The minimum absolute atomic E-state index is 0.0350. The van der Waals surface area contributed by atoms with Crippen molar-refractivity contribution in [3.05, 3.63) is 53.9 Å². The summed E-state index contributed by atoms with van der Waals surface area (Å²) in [6.07, 6.45) is 2.00. The molecule has 1 N–H and O–H groups in total. The molecule has 2 aliphatic heterocycles. The van der Waals surface area contributed by atoms with Crippen LogP contribution in [0.5, 0.6) is 11.5 Å². The van der Waals surface area contributed by atoms with Crippen LogP contribution in [0, 0.1) is 0 Å². The van der Waals surface area contributed by atoms with Crippen LogP contribution in [-0.4, -0.2) is 47.1 Å². The number of hydrogen-bond acceptors (Lipinski definition) is 4. The first kappa shape index (κ1) is 16.2. The number of aromatic amines is 1. The second kappa shape index (κ2) is 6.61. The summed E-state index contributed by atoms with van der Waals surface area (Å²) in [6.45, 7) is 2.51. The van der Waals surface area contributed by atoms with E-state index < -0.39 is 0 Å². The number of rotatable bonds is 2. The maximum absolute atomic E-state index is 13.0. The Kier molecular flexibility index (Phi) is 3.96. The van der Waals surface area contributed by atoms with Crippen LogP contribution in [0.2, 0.25) is 0 Å². The van der Waals surface area contributed by atoms with Gasteiger partial charge in [-0.3, -0.25) is 4.79 Å². The highest BCUT2D eigenvalue weighted by atomic mass is 16.6. The Morgan fingerprint density at radius 3 is 2.85 bits per heavy atom. The van der Waals surface area contributed by atoms with Gasteiger partial charge < -0.3 is 19.4 Å². The van der Waals surface area contributed by atoms with Crippen LogP contribution in [0.3, 0.4) is 0 Å². The van der Waals surface area contributed by atoms with Crippen LogP contribution in [0.25, 0.3) is 11.0 Å². The molecule has 0 radical (unpaired) electrons. The van der Waals surface area contributed by atoms with Crippen molar-refractivity contribution < 1.29 is 14.3 Å². The molecule has 138 valence electrons. The Bertz CT molecular complexity index is 964. The molecule has 6 nitrogen and oxygen atoms in total. The summed E-state index contributed by atoms with van der Waals surface area (Å²) >= 11 is 0. The van der Waals surface area contributed by atoms with Gasteiger partial charge in [-0.1, -0.05) is 12.1 Å². The number of piperidine rings is 1. The summed E-state index contributed by atoms with van der Waals surface area (Å²) in [5.74, 6) is 2.59. The summed E-state index contributed by atoms with van der Waals surface area (Å²) in [5, 5.41) is 0. The van der Waals surface area contributed by atoms with Crippen molar-refractivity contribution in [3.8, 4) is 11.5 Å². The average Bonchev–Trinajstić information content (AvgIpc) is 3.17. The second-order valence-electron chi connectivity index (χ2n) is 7.09. The molecule has 2 aliphatic rings. The maximum Gasteiger partial charge on any atom is 0.254 e. The Morgan fingerprint density at radius 1 is 1.11 bits per heavy atom. The number of amides is 1. The number of nitrogens with one attached hydrogen (secondary N) is 1. The minimum Gasteiger partial charge on any atom is -0.486 e. The fraction of sp³-hybridized carbons (Fsp3) is 0.333. The van der Waals surface area contributed by atoms with E-state index in [2.05, 4.69) is 4.98 Å². The molecule has 1 aromatic heterocycles. The number of benzene rings is 2. The van der Waals surface area contributed by atoms with Crippen molar-refractivity contribution >= 4 is 16.9 Å². The third-order valence-electron chi connectivity index (χ3n) is 5.29. The number of likely N-dealkylation sites (tertiary alicyclic amines) is 1. The van der Waals surface area contributed by atoms with Gasteiger partial charge in [0, 0.05) is 24.6 Å². The fourth-order valence-electron chi connectivity index (χ4n) is 3.91. The molecule has 1 fully saturated rings. The van der Waals surface area contributed by atoms with Crippen molar-refractivity contribution in [2.75, 3.05) is 26.3 Å². The molecule has 1 unspecified atom stereocenters. The first-order valence-electron chi connectivity index (χ1n) is 9.41. The molecule has 1 saturated heterocycles. The molecule has 0 bridgehead atoms. The number of fused-ring (bicyclic) bond motifs is 2. The smallest absolute Gasteiger partial charge is 0.254 e. The highest BCUT2D eigenvalue weighted by molar-refractivity contribution is 5.95. The SMILES string of the molecule is O=C(c1ccc2c(c1)OCCO2)N1CCCC(c2nc3ccccc3[nH]2)C1. The predicted octanol–water partition coefficient (Wildman–Crippen LogP) is 3.35. The fourth-order valence-corrected chi connectivity index (χ4v) is 3.91. The number of carbonyl (C=O) groups is 1. The van der Waals surface area contributed by atoms with E-state index in [0.29, 0.717) is 36.8 Å². The average molecular weight is 363 g/mol. The Balaban J connectivity index is 1.36. The van der Waals surface area contributed by atoms with Crippen LogP contribution < -0.4 is 9.47 Å². The van der Waals surface area contributed by atoms with E-state index in [9.17, 15) is 4.79 Å². The van der Waals surface area contributed by atoms with Gasteiger partial charge in [-0.2, -0.15) is 0 Å². The summed E-state index contributed by atoms with van der Waals surface area (Å²) < 4.78 is 11.2. The summed E-state index contributed by atoms with van der Waals surface area (Å²) in [4.78, 5) is 23.1. The summed E-state index contributed by atoms with van der Waals surface area (Å²) in [7, 11) is 0. The number of nitrogens with zero attached hydrogens (tertiary/aromatic N) is 2. The van der Waals surface area contributed by atoms with Crippen LogP contribution in [0.15, 0.2) is 42.5 Å². The molecule has 0 spiro atoms. The van der Waals surface area contributed by atoms with Crippen molar-refractivity contribution in [3.63, 3.8) is 0 Å². The van der Waals surface area contributed by atoms with E-state index in [1.165, 1.54) is 0 Å². The first-order valence-corrected chi connectivity index (χ1v) is 9.41. The predicted molar refractivity (Wildman–Crippen MR) is 101 cm³/mol. The van der Waals surface area contributed by atoms with Gasteiger partial charge in [0.05, 0.1) is 11.0 Å². The lowest BCUT2D eigenvalue weighted by atomic mass is 9.96. The van der Waals surface area contributed by atoms with Gasteiger partial charge in [0.2, 0.25) is 0 Å². The number of para-hydroxylation sites is 2. The summed E-state index contributed by atoms with van der Waals surface area (Å²) in [5.41, 5.74) is 2.66. The molecule has 0 saturated carbocycles. The highest BCUT2D eigenvalue weighted by Gasteiger charge is 2.28. The molecule has 1 amide bonds. The zero-order valence-electron chi connectivity index (χ0n) is 15.0. The van der Waals surface area contributed by atoms with E-state index in [1.807, 2.05) is 41.3 Å². The van der Waals surface area contributed by atoms with Crippen LogP contribution in [0.1, 0.15) is 34.9 Å². The topological polar surface area (TPSA) is 67.5 Å². The quantitative estimate of drug-likeness (QED) is 0.758. The lowest BCUT2D eigenvalue weighted by molar-refractivity contribution is 0.0704. The van der Waals surface area contributed by atoms with Gasteiger partial charge in [-0.15, -0.1) is 0 Å². The molecule has 3 aromatic rings. The van der Waals surface area contributed by atoms with Gasteiger partial charge in [-0.25, -0.2) is 4.98 Å². The molecule has 3 heterocycles. The number of aromatic nitrogens is 2. The van der Waals surface area contributed by atoms with E-state index in [1.54, 1.807) is 6.07 Å². The number of H-pyrrole nitrogens is 1. The molecular formula is C21H21N3O3. The van der Waals surface area contributed by atoms with Crippen LogP contribution in [-0.2, 0) is 0 Å². The second-order valence-corrected chi connectivity index (χ2v) is 7.09. The molecule has 0 aliphatic carbocycles. The number of ether oxygens (including phenoxy) is 2. The zero-order chi connectivity index (χ0) is 18.2. The van der Waals surface area contributed by atoms with E-state index in [-0.39, 0.29) is 11.8 Å². The van der Waals surface area contributed by atoms with Crippen molar-refractivity contribution in [2.24, 2.45) is 0 Å². The zero-order valence-corrected chi connectivity index (χ0v) is 15.0. The van der Waals surface area contributed by atoms with Gasteiger partial charge >= 0.3 is 0 Å². The third kappa shape index (κ3) is 3.01. The third-order valence-corrected chi connectivity index (χ3v) is 5.29. The first-order chi connectivity index (χ1) is 13.3. The largest absolute Gasteiger partial charge is 0.486 e. The molecule has 1 atom stereocenters. The molecule has 27 heavy (non-hydrogen) atoms. The Labute approximate surface area is 157 Å². The molecule has 2 aromatic carbocycles.